The maximum Gasteiger partial charge on any atom is 0.244 e. The van der Waals surface area contributed by atoms with E-state index in [9.17, 15) is 8.42 Å². The first kappa shape index (κ1) is 14.0. The van der Waals surface area contributed by atoms with E-state index in [4.69, 9.17) is 0 Å². The first-order chi connectivity index (χ1) is 9.63. The van der Waals surface area contributed by atoms with E-state index in [1.807, 2.05) is 23.6 Å². The Hall–Kier alpha value is -0.950. The Bertz CT molecular complexity index is 701. The molecule has 1 aromatic heterocycles. The number of hydrogen-bond donors (Lipinski definition) is 0. The molecule has 1 fully saturated rings. The fraction of sp³-hybridized carbons (Fsp3) is 0.429. The van der Waals surface area contributed by atoms with Gasteiger partial charge in [0.25, 0.3) is 0 Å². The van der Waals surface area contributed by atoms with Crippen LogP contribution < -0.4 is 0 Å². The van der Waals surface area contributed by atoms with E-state index in [-0.39, 0.29) is 0 Å². The lowest BCUT2D eigenvalue weighted by atomic mass is 10.3. The van der Waals surface area contributed by atoms with Crippen molar-refractivity contribution < 1.29 is 8.42 Å². The van der Waals surface area contributed by atoms with Crippen molar-refractivity contribution in [1.29, 1.82) is 0 Å². The molecule has 1 aliphatic heterocycles. The van der Waals surface area contributed by atoms with E-state index in [1.54, 1.807) is 10.4 Å². The van der Waals surface area contributed by atoms with Crippen LogP contribution in [0.2, 0.25) is 0 Å². The molecule has 20 heavy (non-hydrogen) atoms. The zero-order chi connectivity index (χ0) is 14.2. The molecule has 0 spiro atoms. The quantitative estimate of drug-likeness (QED) is 0.873. The van der Waals surface area contributed by atoms with Crippen LogP contribution in [0.4, 0.5) is 0 Å². The number of hydrogen-bond acceptors (Lipinski definition) is 4. The SMILES string of the molecule is CCN1CCN(S(=O)(=O)c2cccc3ccsc23)CC1. The molecule has 0 radical (unpaired) electrons. The van der Waals surface area contributed by atoms with Crippen LogP contribution in [0.25, 0.3) is 10.1 Å². The van der Waals surface area contributed by atoms with Gasteiger partial charge in [-0.3, -0.25) is 0 Å². The second-order valence-corrected chi connectivity index (χ2v) is 7.76. The molecule has 0 aliphatic carbocycles. The highest BCUT2D eigenvalue weighted by Crippen LogP contribution is 2.30. The predicted octanol–water partition coefficient (Wildman–Crippen LogP) is 2.23. The summed E-state index contributed by atoms with van der Waals surface area (Å²) in [5, 5.41) is 2.95. The third-order valence-corrected chi connectivity index (χ3v) is 6.87. The molecule has 0 atom stereocenters. The molecule has 108 valence electrons. The van der Waals surface area contributed by atoms with Crippen LogP contribution in [0.3, 0.4) is 0 Å². The molecule has 1 aromatic carbocycles. The molecule has 3 rings (SSSR count). The van der Waals surface area contributed by atoms with Gasteiger partial charge < -0.3 is 4.90 Å². The van der Waals surface area contributed by atoms with Crippen LogP contribution in [0.5, 0.6) is 0 Å². The van der Waals surface area contributed by atoms with Crippen molar-refractivity contribution in [2.75, 3.05) is 32.7 Å². The molecule has 4 nitrogen and oxygen atoms in total. The van der Waals surface area contributed by atoms with Gasteiger partial charge in [0.15, 0.2) is 0 Å². The summed E-state index contributed by atoms with van der Waals surface area (Å²) in [4.78, 5) is 2.73. The molecule has 0 bridgehead atoms. The van der Waals surface area contributed by atoms with Gasteiger partial charge in [0.2, 0.25) is 10.0 Å². The second kappa shape index (κ2) is 5.44. The minimum atomic E-state index is -3.37. The summed E-state index contributed by atoms with van der Waals surface area (Å²) >= 11 is 1.49. The Morgan fingerprint density at radius 3 is 2.60 bits per heavy atom. The summed E-state index contributed by atoms with van der Waals surface area (Å²) in [5.41, 5.74) is 0. The molecule has 0 saturated carbocycles. The maximum atomic E-state index is 12.8. The average Bonchev–Trinajstić information content (AvgIpc) is 2.95. The Labute approximate surface area is 123 Å². The molecule has 0 N–H and O–H groups in total. The molecule has 6 heteroatoms. The molecule has 0 amide bonds. The second-order valence-electron chi connectivity index (χ2n) is 4.93. The summed E-state index contributed by atoms with van der Waals surface area (Å²) < 4.78 is 28.1. The molecule has 2 aromatic rings. The summed E-state index contributed by atoms with van der Waals surface area (Å²) in [7, 11) is -3.37. The fourth-order valence-corrected chi connectivity index (χ4v) is 5.39. The van der Waals surface area contributed by atoms with Gasteiger partial charge in [-0.25, -0.2) is 8.42 Å². The van der Waals surface area contributed by atoms with Crippen LogP contribution >= 0.6 is 11.3 Å². The van der Waals surface area contributed by atoms with Gasteiger partial charge >= 0.3 is 0 Å². The van der Waals surface area contributed by atoms with Gasteiger partial charge in [-0.15, -0.1) is 11.3 Å². The van der Waals surface area contributed by atoms with Crippen molar-refractivity contribution in [2.45, 2.75) is 11.8 Å². The highest BCUT2D eigenvalue weighted by atomic mass is 32.2. The number of piperazine rings is 1. The lowest BCUT2D eigenvalue weighted by molar-refractivity contribution is 0.196. The van der Waals surface area contributed by atoms with Crippen LogP contribution in [-0.4, -0.2) is 50.3 Å². The van der Waals surface area contributed by atoms with Gasteiger partial charge in [-0.05, 0) is 29.4 Å². The van der Waals surface area contributed by atoms with Crippen LogP contribution in [0.15, 0.2) is 34.5 Å². The number of sulfonamides is 1. The topological polar surface area (TPSA) is 40.6 Å². The van der Waals surface area contributed by atoms with Gasteiger partial charge in [-0.2, -0.15) is 4.31 Å². The smallest absolute Gasteiger partial charge is 0.244 e. The number of thiophene rings is 1. The largest absolute Gasteiger partial charge is 0.301 e. The molecule has 0 unspecified atom stereocenters. The third kappa shape index (κ3) is 2.37. The Morgan fingerprint density at radius 2 is 1.90 bits per heavy atom. The summed E-state index contributed by atoms with van der Waals surface area (Å²) in [6.07, 6.45) is 0. The van der Waals surface area contributed by atoms with E-state index in [1.165, 1.54) is 11.3 Å². The summed E-state index contributed by atoms with van der Waals surface area (Å²) in [6.45, 7) is 5.88. The first-order valence-electron chi connectivity index (χ1n) is 6.81. The Balaban J connectivity index is 1.94. The predicted molar refractivity (Wildman–Crippen MR) is 82.7 cm³/mol. The monoisotopic (exact) mass is 310 g/mol. The number of benzene rings is 1. The van der Waals surface area contributed by atoms with Crippen molar-refractivity contribution in [1.82, 2.24) is 9.21 Å². The first-order valence-corrected chi connectivity index (χ1v) is 9.13. The van der Waals surface area contributed by atoms with Gasteiger partial charge in [0, 0.05) is 26.2 Å². The zero-order valence-corrected chi connectivity index (χ0v) is 13.1. The van der Waals surface area contributed by atoms with Crippen LogP contribution in [0.1, 0.15) is 6.92 Å². The molecule has 1 saturated heterocycles. The van der Waals surface area contributed by atoms with Gasteiger partial charge in [0.1, 0.15) is 0 Å². The van der Waals surface area contributed by atoms with Crippen LogP contribution in [-0.2, 0) is 10.0 Å². The summed E-state index contributed by atoms with van der Waals surface area (Å²) in [6, 6.07) is 7.47. The van der Waals surface area contributed by atoms with E-state index >= 15 is 0 Å². The molecular formula is C14H18N2O2S2. The molecule has 1 aliphatic rings. The average molecular weight is 310 g/mol. The van der Waals surface area contributed by atoms with Gasteiger partial charge in [-0.1, -0.05) is 19.1 Å². The fourth-order valence-electron chi connectivity index (χ4n) is 2.59. The number of likely N-dealkylation sites (N-methyl/N-ethyl adjacent to an activating group) is 1. The Kier molecular flexibility index (Phi) is 3.81. The highest BCUT2D eigenvalue weighted by molar-refractivity contribution is 7.89. The van der Waals surface area contributed by atoms with E-state index in [0.29, 0.717) is 18.0 Å². The third-order valence-electron chi connectivity index (χ3n) is 3.84. The van der Waals surface area contributed by atoms with Crippen molar-refractivity contribution in [3.8, 4) is 0 Å². The highest BCUT2D eigenvalue weighted by Gasteiger charge is 2.29. The number of fused-ring (bicyclic) bond motifs is 1. The minimum Gasteiger partial charge on any atom is -0.301 e. The van der Waals surface area contributed by atoms with Crippen molar-refractivity contribution >= 4 is 31.4 Å². The Morgan fingerprint density at radius 1 is 1.15 bits per heavy atom. The minimum absolute atomic E-state index is 0.454. The van der Waals surface area contributed by atoms with Gasteiger partial charge in [0.05, 0.1) is 9.60 Å². The normalized spacial score (nSPS) is 18.6. The van der Waals surface area contributed by atoms with Crippen molar-refractivity contribution in [3.05, 3.63) is 29.6 Å². The van der Waals surface area contributed by atoms with Crippen molar-refractivity contribution in [3.63, 3.8) is 0 Å². The van der Waals surface area contributed by atoms with E-state index < -0.39 is 10.0 Å². The maximum absolute atomic E-state index is 12.8. The lowest BCUT2D eigenvalue weighted by Crippen LogP contribution is -2.48. The lowest BCUT2D eigenvalue weighted by Gasteiger charge is -2.33. The van der Waals surface area contributed by atoms with E-state index in [2.05, 4.69) is 11.8 Å². The van der Waals surface area contributed by atoms with Crippen LogP contribution in [0, 0.1) is 0 Å². The summed E-state index contributed by atoms with van der Waals surface area (Å²) in [5.74, 6) is 0. The van der Waals surface area contributed by atoms with Crippen molar-refractivity contribution in [2.24, 2.45) is 0 Å². The number of nitrogens with zero attached hydrogens (tertiary/aromatic N) is 2. The molecule has 2 heterocycles. The van der Waals surface area contributed by atoms with E-state index in [0.717, 1.165) is 29.7 Å². The standard InChI is InChI=1S/C14H18N2O2S2/c1-2-15-7-9-16(10-8-15)20(17,18)13-5-3-4-12-6-11-19-14(12)13/h3-6,11H,2,7-10H2,1H3. The number of rotatable bonds is 3. The molecular weight excluding hydrogens is 292 g/mol. The zero-order valence-electron chi connectivity index (χ0n) is 11.4.